The Morgan fingerprint density at radius 3 is 2.61 bits per heavy atom. The summed E-state index contributed by atoms with van der Waals surface area (Å²) in [4.78, 5) is 12.4. The Bertz CT molecular complexity index is 1140. The van der Waals surface area contributed by atoms with E-state index >= 15 is 0 Å². The van der Waals surface area contributed by atoms with Crippen LogP contribution in [0.1, 0.15) is 49.3 Å². The lowest BCUT2D eigenvalue weighted by Crippen LogP contribution is -2.20. The molecule has 172 valence electrons. The van der Waals surface area contributed by atoms with Gasteiger partial charge >= 0.3 is 0 Å². The van der Waals surface area contributed by atoms with Crippen LogP contribution >= 0.6 is 35.0 Å². The van der Waals surface area contributed by atoms with Crippen molar-refractivity contribution in [1.29, 1.82) is 0 Å². The Labute approximate surface area is 207 Å². The van der Waals surface area contributed by atoms with E-state index in [1.165, 1.54) is 42.8 Å². The monoisotopic (exact) mass is 501 g/mol. The molecule has 4 rings (SSSR count). The molecule has 1 amide bonds. The van der Waals surface area contributed by atoms with Crippen molar-refractivity contribution in [2.45, 2.75) is 50.2 Å². The molecule has 1 aromatic heterocycles. The zero-order chi connectivity index (χ0) is 23.2. The average Bonchev–Trinajstić information content (AvgIpc) is 3.25. The molecule has 6 nitrogen and oxygen atoms in total. The maximum atomic E-state index is 12.4. The van der Waals surface area contributed by atoms with Gasteiger partial charge in [0.1, 0.15) is 0 Å². The Morgan fingerprint density at radius 1 is 1.12 bits per heavy atom. The topological polar surface area (TPSA) is 72.2 Å². The minimum atomic E-state index is -0.216. The summed E-state index contributed by atoms with van der Waals surface area (Å²) in [5.74, 6) is 0.839. The number of carbonyl (C=O) groups is 1. The number of benzene rings is 2. The molecule has 0 spiro atoms. The second-order valence-corrected chi connectivity index (χ2v) is 9.85. The van der Waals surface area contributed by atoms with Gasteiger partial charge in [-0.15, -0.1) is 10.2 Å². The van der Waals surface area contributed by atoms with E-state index in [1.807, 2.05) is 0 Å². The molecule has 1 saturated carbocycles. The molecule has 1 N–H and O–H groups in total. The van der Waals surface area contributed by atoms with E-state index in [1.54, 1.807) is 18.2 Å². The van der Waals surface area contributed by atoms with Crippen LogP contribution in [0.25, 0.3) is 11.4 Å². The first kappa shape index (κ1) is 23.8. The van der Waals surface area contributed by atoms with Crippen molar-refractivity contribution < 1.29 is 4.79 Å². The molecule has 0 unspecified atom stereocenters. The van der Waals surface area contributed by atoms with Gasteiger partial charge in [-0.3, -0.25) is 9.36 Å². The summed E-state index contributed by atoms with van der Waals surface area (Å²) in [6, 6.07) is 13.8. The number of nitrogens with zero attached hydrogens (tertiary/aromatic N) is 4. The maximum Gasteiger partial charge on any atom is 0.250 e. The molecule has 1 heterocycles. The molecule has 1 aliphatic carbocycles. The van der Waals surface area contributed by atoms with Crippen LogP contribution in [0, 0.1) is 6.92 Å². The first-order chi connectivity index (χ1) is 16.0. The number of thioether (sulfide) groups is 1. The van der Waals surface area contributed by atoms with Gasteiger partial charge in [0.05, 0.1) is 22.0 Å². The number of hydrogen-bond acceptors (Lipinski definition) is 5. The van der Waals surface area contributed by atoms with Gasteiger partial charge in [0.2, 0.25) is 0 Å². The minimum Gasteiger partial charge on any atom is -0.299 e. The lowest BCUT2D eigenvalue weighted by Gasteiger charge is -2.25. The van der Waals surface area contributed by atoms with Crippen molar-refractivity contribution in [2.24, 2.45) is 5.10 Å². The maximum absolute atomic E-state index is 12.4. The molecular weight excluding hydrogens is 477 g/mol. The molecule has 0 radical (unpaired) electrons. The number of hydrogen-bond donors (Lipinski definition) is 1. The van der Waals surface area contributed by atoms with Gasteiger partial charge < -0.3 is 0 Å². The average molecular weight is 502 g/mol. The van der Waals surface area contributed by atoms with E-state index in [-0.39, 0.29) is 11.7 Å². The highest BCUT2D eigenvalue weighted by molar-refractivity contribution is 7.99. The third kappa shape index (κ3) is 6.16. The Hall–Kier alpha value is -2.35. The van der Waals surface area contributed by atoms with Gasteiger partial charge in [-0.25, -0.2) is 5.43 Å². The second-order valence-electron chi connectivity index (χ2n) is 8.09. The van der Waals surface area contributed by atoms with Crippen molar-refractivity contribution >= 4 is 47.1 Å². The fourth-order valence-electron chi connectivity index (χ4n) is 3.88. The predicted octanol–water partition coefficient (Wildman–Crippen LogP) is 6.31. The van der Waals surface area contributed by atoms with Crippen molar-refractivity contribution in [3.63, 3.8) is 0 Å². The standard InChI is InChI=1S/C24H25Cl2N5OS/c1-16-7-10-18(11-8-16)23-29-30-24(31(23)19-5-3-2-4-6-19)33-15-22(32)28-27-14-17-9-12-20(25)21(26)13-17/h7-14,19H,2-6,15H2,1H3,(H,28,32)/b27-14-. The summed E-state index contributed by atoms with van der Waals surface area (Å²) in [6.45, 7) is 2.07. The van der Waals surface area contributed by atoms with Crippen molar-refractivity contribution in [1.82, 2.24) is 20.2 Å². The van der Waals surface area contributed by atoms with Gasteiger partial charge in [-0.05, 0) is 37.5 Å². The summed E-state index contributed by atoms with van der Waals surface area (Å²) in [6.07, 6.45) is 7.40. The summed E-state index contributed by atoms with van der Waals surface area (Å²) in [7, 11) is 0. The quantitative estimate of drug-likeness (QED) is 0.234. The molecule has 1 fully saturated rings. The number of halogens is 2. The van der Waals surface area contributed by atoms with Crippen molar-refractivity contribution in [2.75, 3.05) is 5.75 Å². The van der Waals surface area contributed by atoms with Crippen LogP contribution in [-0.4, -0.2) is 32.6 Å². The molecule has 2 aromatic carbocycles. The van der Waals surface area contributed by atoms with Crippen molar-refractivity contribution in [3.8, 4) is 11.4 Å². The summed E-state index contributed by atoms with van der Waals surface area (Å²) in [5, 5.41) is 14.6. The first-order valence-electron chi connectivity index (χ1n) is 10.9. The zero-order valence-electron chi connectivity index (χ0n) is 18.3. The van der Waals surface area contributed by atoms with Crippen LogP contribution in [0.2, 0.25) is 10.0 Å². The predicted molar refractivity (Wildman–Crippen MR) is 135 cm³/mol. The number of nitrogens with one attached hydrogen (secondary N) is 1. The number of aromatic nitrogens is 3. The van der Waals surface area contributed by atoms with Crippen LogP contribution in [0.4, 0.5) is 0 Å². The lowest BCUT2D eigenvalue weighted by atomic mass is 9.95. The van der Waals surface area contributed by atoms with Gasteiger partial charge in [0.25, 0.3) is 5.91 Å². The molecule has 33 heavy (non-hydrogen) atoms. The summed E-state index contributed by atoms with van der Waals surface area (Å²) >= 11 is 13.3. The number of hydrazone groups is 1. The SMILES string of the molecule is Cc1ccc(-c2nnc(SCC(=O)N/N=C\c3ccc(Cl)c(Cl)c3)n2C2CCCCC2)cc1. The highest BCUT2D eigenvalue weighted by Gasteiger charge is 2.24. The van der Waals surface area contributed by atoms with E-state index in [4.69, 9.17) is 23.2 Å². The van der Waals surface area contributed by atoms with Gasteiger partial charge in [-0.1, -0.05) is 90.1 Å². The normalized spacial score (nSPS) is 14.6. The number of rotatable bonds is 7. The summed E-state index contributed by atoms with van der Waals surface area (Å²) < 4.78 is 2.22. The van der Waals surface area contributed by atoms with E-state index in [0.717, 1.165) is 34.9 Å². The van der Waals surface area contributed by atoms with Gasteiger partial charge in [0.15, 0.2) is 11.0 Å². The fraction of sp³-hybridized carbons (Fsp3) is 0.333. The molecular formula is C24H25Cl2N5OS. The van der Waals surface area contributed by atoms with Gasteiger partial charge in [0, 0.05) is 11.6 Å². The second kappa shape index (κ2) is 11.2. The highest BCUT2D eigenvalue weighted by atomic mass is 35.5. The number of carbonyl (C=O) groups excluding carboxylic acids is 1. The van der Waals surface area contributed by atoms with Gasteiger partial charge in [-0.2, -0.15) is 5.10 Å². The Kier molecular flexibility index (Phi) is 8.06. The van der Waals surface area contributed by atoms with Crippen LogP contribution in [-0.2, 0) is 4.79 Å². The third-order valence-corrected chi connectivity index (χ3v) is 7.28. The largest absolute Gasteiger partial charge is 0.299 e. The molecule has 9 heteroatoms. The van der Waals surface area contributed by atoms with E-state index in [0.29, 0.717) is 16.1 Å². The number of aryl methyl sites for hydroxylation is 1. The van der Waals surface area contributed by atoms with Crippen LogP contribution < -0.4 is 5.43 Å². The zero-order valence-corrected chi connectivity index (χ0v) is 20.6. The van der Waals surface area contributed by atoms with Crippen LogP contribution in [0.5, 0.6) is 0 Å². The smallest absolute Gasteiger partial charge is 0.250 e. The number of amides is 1. The van der Waals surface area contributed by atoms with E-state index in [9.17, 15) is 4.79 Å². The first-order valence-corrected chi connectivity index (χ1v) is 12.7. The molecule has 3 aromatic rings. The van der Waals surface area contributed by atoms with E-state index < -0.39 is 0 Å². The Morgan fingerprint density at radius 2 is 1.88 bits per heavy atom. The summed E-state index contributed by atoms with van der Waals surface area (Å²) in [5.41, 5.74) is 5.55. The van der Waals surface area contributed by atoms with Crippen LogP contribution in [0.15, 0.2) is 52.7 Å². The fourth-order valence-corrected chi connectivity index (χ4v) is 4.98. The highest BCUT2D eigenvalue weighted by Crippen LogP contribution is 2.35. The lowest BCUT2D eigenvalue weighted by molar-refractivity contribution is -0.118. The minimum absolute atomic E-state index is 0.192. The molecule has 0 saturated heterocycles. The van der Waals surface area contributed by atoms with Crippen molar-refractivity contribution in [3.05, 3.63) is 63.6 Å². The molecule has 0 bridgehead atoms. The molecule has 1 aliphatic rings. The molecule has 0 atom stereocenters. The van der Waals surface area contributed by atoms with E-state index in [2.05, 4.69) is 56.5 Å². The van der Waals surface area contributed by atoms with Crippen LogP contribution in [0.3, 0.4) is 0 Å². The third-order valence-electron chi connectivity index (χ3n) is 5.59. The molecule has 0 aliphatic heterocycles. The Balaban J connectivity index is 1.44.